The molecule has 0 aromatic carbocycles. The Morgan fingerprint density at radius 1 is 0.523 bits per heavy atom. The SMILES string of the molecule is CCCCCCCCC=CCCCCCC(CC(=O)C(=O)C(O)CO)C(O)CCCCCCCCCCCCCCCCC. The van der Waals surface area contributed by atoms with Crippen LogP contribution < -0.4 is 0 Å². The molecule has 0 saturated carbocycles. The highest BCUT2D eigenvalue weighted by Gasteiger charge is 2.28. The van der Waals surface area contributed by atoms with Gasteiger partial charge in [0.25, 0.3) is 0 Å². The van der Waals surface area contributed by atoms with Crippen molar-refractivity contribution < 1.29 is 24.9 Å². The Balaban J connectivity index is 4.17. The predicted molar refractivity (Wildman–Crippen MR) is 187 cm³/mol. The molecule has 0 rings (SSSR count). The van der Waals surface area contributed by atoms with Gasteiger partial charge in [-0.2, -0.15) is 0 Å². The van der Waals surface area contributed by atoms with Crippen molar-refractivity contribution in [3.05, 3.63) is 12.2 Å². The van der Waals surface area contributed by atoms with Crippen molar-refractivity contribution in [2.75, 3.05) is 6.61 Å². The van der Waals surface area contributed by atoms with E-state index in [0.717, 1.165) is 44.9 Å². The molecular weight excluding hydrogens is 548 g/mol. The van der Waals surface area contributed by atoms with E-state index in [-0.39, 0.29) is 12.3 Å². The Bertz CT molecular complexity index is 661. The Hall–Kier alpha value is -1.04. The minimum atomic E-state index is -1.65. The van der Waals surface area contributed by atoms with Gasteiger partial charge in [0.2, 0.25) is 11.6 Å². The maximum absolute atomic E-state index is 12.5. The number of allylic oxidation sites excluding steroid dienone is 2. The molecule has 0 amide bonds. The van der Waals surface area contributed by atoms with Gasteiger partial charge in [-0.15, -0.1) is 0 Å². The highest BCUT2D eigenvalue weighted by Crippen LogP contribution is 2.24. The third-order valence-corrected chi connectivity index (χ3v) is 9.18. The van der Waals surface area contributed by atoms with E-state index in [4.69, 9.17) is 5.11 Å². The topological polar surface area (TPSA) is 94.8 Å². The number of rotatable bonds is 35. The van der Waals surface area contributed by atoms with Crippen molar-refractivity contribution in [1.29, 1.82) is 0 Å². The summed E-state index contributed by atoms with van der Waals surface area (Å²) in [4.78, 5) is 24.5. The van der Waals surface area contributed by atoms with E-state index >= 15 is 0 Å². The summed E-state index contributed by atoms with van der Waals surface area (Å²) in [7, 11) is 0. The van der Waals surface area contributed by atoms with Crippen LogP contribution in [0.1, 0.15) is 200 Å². The molecule has 260 valence electrons. The molecule has 0 heterocycles. The number of carbonyl (C=O) groups excluding carboxylic acids is 2. The average Bonchev–Trinajstić information content (AvgIpc) is 3.03. The molecule has 0 aliphatic heterocycles. The molecule has 44 heavy (non-hydrogen) atoms. The summed E-state index contributed by atoms with van der Waals surface area (Å²) in [5.74, 6) is -1.89. The van der Waals surface area contributed by atoms with Crippen LogP contribution in [-0.2, 0) is 9.59 Å². The molecule has 3 atom stereocenters. The zero-order valence-electron chi connectivity index (χ0n) is 29.3. The van der Waals surface area contributed by atoms with Crippen molar-refractivity contribution in [3.8, 4) is 0 Å². The molecule has 0 aliphatic rings. The number of Topliss-reactive ketones (excluding diaryl/α,β-unsaturated/α-hetero) is 2. The highest BCUT2D eigenvalue weighted by molar-refractivity contribution is 6.38. The molecular formula is C39H74O5. The predicted octanol–water partition coefficient (Wildman–Crippen LogP) is 10.4. The van der Waals surface area contributed by atoms with Crippen LogP contribution >= 0.6 is 0 Å². The van der Waals surface area contributed by atoms with E-state index < -0.39 is 30.4 Å². The van der Waals surface area contributed by atoms with Gasteiger partial charge in [-0.25, -0.2) is 0 Å². The maximum Gasteiger partial charge on any atom is 0.229 e. The Morgan fingerprint density at radius 2 is 0.886 bits per heavy atom. The first-order valence-corrected chi connectivity index (χ1v) is 19.2. The van der Waals surface area contributed by atoms with E-state index in [2.05, 4.69) is 26.0 Å². The molecule has 0 aliphatic carbocycles. The van der Waals surface area contributed by atoms with Crippen LogP contribution in [-0.4, -0.2) is 45.7 Å². The normalized spacial score (nSPS) is 13.8. The summed E-state index contributed by atoms with van der Waals surface area (Å²) in [6.07, 6.45) is 36.3. The minimum absolute atomic E-state index is 0.0477. The number of hydrogen-bond acceptors (Lipinski definition) is 5. The second kappa shape index (κ2) is 33.3. The Morgan fingerprint density at radius 3 is 1.32 bits per heavy atom. The summed E-state index contributed by atoms with van der Waals surface area (Å²) in [6, 6.07) is 0. The van der Waals surface area contributed by atoms with E-state index in [0.29, 0.717) is 12.8 Å². The molecule has 0 spiro atoms. The molecule has 5 nitrogen and oxygen atoms in total. The number of aliphatic hydroxyl groups excluding tert-OH is 3. The van der Waals surface area contributed by atoms with E-state index in [1.807, 2.05) is 0 Å². The maximum atomic E-state index is 12.5. The number of unbranched alkanes of at least 4 members (excludes halogenated alkanes) is 23. The van der Waals surface area contributed by atoms with Crippen LogP contribution in [0, 0.1) is 5.92 Å². The standard InChI is InChI=1S/C39H74O5/c1-3-5-7-9-11-13-15-17-18-20-22-24-26-28-30-32-36(41)35(33-37(42)39(44)38(43)34-40)31-29-27-25-23-21-19-16-14-12-10-8-6-4-2/h19,21,35-36,38,40-41,43H,3-18,20,22-34H2,1-2H3. The van der Waals surface area contributed by atoms with Crippen molar-refractivity contribution >= 4 is 11.6 Å². The number of carbonyl (C=O) groups is 2. The fourth-order valence-corrected chi connectivity index (χ4v) is 6.12. The molecule has 0 aromatic heterocycles. The molecule has 5 heteroatoms. The molecule has 0 aromatic rings. The lowest BCUT2D eigenvalue weighted by molar-refractivity contribution is -0.143. The van der Waals surface area contributed by atoms with Crippen LogP contribution in [0.4, 0.5) is 0 Å². The molecule has 0 fully saturated rings. The zero-order chi connectivity index (χ0) is 32.5. The summed E-state index contributed by atoms with van der Waals surface area (Å²) >= 11 is 0. The van der Waals surface area contributed by atoms with Gasteiger partial charge in [0.05, 0.1) is 12.7 Å². The number of aliphatic hydroxyl groups is 3. The highest BCUT2D eigenvalue weighted by atomic mass is 16.3. The van der Waals surface area contributed by atoms with Crippen molar-refractivity contribution in [3.63, 3.8) is 0 Å². The first-order valence-electron chi connectivity index (χ1n) is 19.2. The van der Waals surface area contributed by atoms with Gasteiger partial charge in [0.1, 0.15) is 6.10 Å². The van der Waals surface area contributed by atoms with Crippen LogP contribution in [0.5, 0.6) is 0 Å². The fraction of sp³-hybridized carbons (Fsp3) is 0.897. The van der Waals surface area contributed by atoms with Crippen LogP contribution in [0.15, 0.2) is 12.2 Å². The molecule has 0 saturated heterocycles. The molecule has 0 bridgehead atoms. The number of ketones is 2. The van der Waals surface area contributed by atoms with Gasteiger partial charge in [0, 0.05) is 6.42 Å². The summed E-state index contributed by atoms with van der Waals surface area (Å²) in [5, 5.41) is 29.6. The minimum Gasteiger partial charge on any atom is -0.393 e. The second-order valence-corrected chi connectivity index (χ2v) is 13.4. The lowest BCUT2D eigenvalue weighted by atomic mass is 9.86. The molecule has 0 radical (unpaired) electrons. The van der Waals surface area contributed by atoms with Gasteiger partial charge in [0.15, 0.2) is 0 Å². The first kappa shape index (κ1) is 43.0. The lowest BCUT2D eigenvalue weighted by Crippen LogP contribution is -2.34. The number of hydrogen-bond donors (Lipinski definition) is 3. The fourth-order valence-electron chi connectivity index (χ4n) is 6.12. The van der Waals surface area contributed by atoms with Crippen LogP contribution in [0.2, 0.25) is 0 Å². The monoisotopic (exact) mass is 623 g/mol. The van der Waals surface area contributed by atoms with E-state index in [9.17, 15) is 19.8 Å². The second-order valence-electron chi connectivity index (χ2n) is 13.4. The van der Waals surface area contributed by atoms with Gasteiger partial charge >= 0.3 is 0 Å². The van der Waals surface area contributed by atoms with Gasteiger partial charge in [-0.05, 0) is 44.4 Å². The smallest absolute Gasteiger partial charge is 0.229 e. The first-order chi connectivity index (χ1) is 21.5. The molecule has 3 unspecified atom stereocenters. The lowest BCUT2D eigenvalue weighted by Gasteiger charge is -2.22. The third-order valence-electron chi connectivity index (χ3n) is 9.18. The average molecular weight is 623 g/mol. The van der Waals surface area contributed by atoms with Crippen molar-refractivity contribution in [2.24, 2.45) is 5.92 Å². The quantitative estimate of drug-likeness (QED) is 0.0371. The Labute approximate surface area is 273 Å². The Kier molecular flexibility index (Phi) is 32.5. The zero-order valence-corrected chi connectivity index (χ0v) is 29.3. The third kappa shape index (κ3) is 27.3. The van der Waals surface area contributed by atoms with Crippen LogP contribution in [0.3, 0.4) is 0 Å². The largest absolute Gasteiger partial charge is 0.393 e. The van der Waals surface area contributed by atoms with Gasteiger partial charge in [-0.3, -0.25) is 9.59 Å². The molecule has 3 N–H and O–H groups in total. The van der Waals surface area contributed by atoms with Crippen LogP contribution in [0.25, 0.3) is 0 Å². The van der Waals surface area contributed by atoms with E-state index in [1.165, 1.54) is 122 Å². The summed E-state index contributed by atoms with van der Waals surface area (Å²) in [6.45, 7) is 3.77. The summed E-state index contributed by atoms with van der Waals surface area (Å²) < 4.78 is 0. The van der Waals surface area contributed by atoms with E-state index in [1.54, 1.807) is 0 Å². The van der Waals surface area contributed by atoms with Gasteiger partial charge in [-0.1, -0.05) is 167 Å². The van der Waals surface area contributed by atoms with Crippen molar-refractivity contribution in [2.45, 2.75) is 212 Å². The van der Waals surface area contributed by atoms with Gasteiger partial charge < -0.3 is 15.3 Å². The van der Waals surface area contributed by atoms with Crippen molar-refractivity contribution in [1.82, 2.24) is 0 Å². The summed E-state index contributed by atoms with van der Waals surface area (Å²) in [5.41, 5.74) is 0.